The Bertz CT molecular complexity index is 767. The summed E-state index contributed by atoms with van der Waals surface area (Å²) in [6, 6.07) is 14.5. The molecule has 0 radical (unpaired) electrons. The topological polar surface area (TPSA) is 46.3 Å². The minimum absolute atomic E-state index is 0.237. The zero-order valence-corrected chi connectivity index (χ0v) is 16.6. The van der Waals surface area contributed by atoms with Gasteiger partial charge >= 0.3 is 0 Å². The molecule has 2 rings (SSSR count). The number of hydrogen-bond acceptors (Lipinski definition) is 2. The van der Waals surface area contributed by atoms with Gasteiger partial charge in [0.2, 0.25) is 5.91 Å². The van der Waals surface area contributed by atoms with Gasteiger partial charge in [0.25, 0.3) is 0 Å². The molecule has 0 saturated carbocycles. The highest BCUT2D eigenvalue weighted by molar-refractivity contribution is 5.95. The molecule has 0 bridgehead atoms. The number of nitrogens with zero attached hydrogens (tertiary/aromatic N) is 1. The van der Waals surface area contributed by atoms with E-state index in [0.29, 0.717) is 6.42 Å². The molecule has 0 aromatic heterocycles. The number of benzene rings is 2. The fraction of sp³-hybridized carbons (Fsp3) is 0.435. The molecule has 0 fully saturated rings. The Morgan fingerprint density at radius 3 is 2.35 bits per heavy atom. The molecule has 0 saturated heterocycles. The molecular weight excluding hydrogens is 320 g/mol. The quantitative estimate of drug-likeness (QED) is 0.668. The summed E-state index contributed by atoms with van der Waals surface area (Å²) < 4.78 is 0. The monoisotopic (exact) mass is 352 g/mol. The van der Waals surface area contributed by atoms with E-state index in [1.54, 1.807) is 0 Å². The predicted octanol–water partition coefficient (Wildman–Crippen LogP) is 4.65. The molecule has 26 heavy (non-hydrogen) atoms. The number of carbonyl (C=O) groups is 1. The van der Waals surface area contributed by atoms with Gasteiger partial charge in [-0.1, -0.05) is 68.0 Å². The summed E-state index contributed by atoms with van der Waals surface area (Å²) in [5.41, 5.74) is 7.63. The van der Waals surface area contributed by atoms with E-state index in [4.69, 9.17) is 5.73 Å². The van der Waals surface area contributed by atoms with Gasteiger partial charge in [0.15, 0.2) is 0 Å². The number of nitrogens with two attached hydrogens (primary N) is 1. The van der Waals surface area contributed by atoms with Crippen LogP contribution in [0, 0.1) is 0 Å². The van der Waals surface area contributed by atoms with Gasteiger partial charge in [-0.15, -0.1) is 0 Å². The summed E-state index contributed by atoms with van der Waals surface area (Å²) in [5, 5.41) is 2.27. The van der Waals surface area contributed by atoms with Gasteiger partial charge in [-0.2, -0.15) is 0 Å². The van der Waals surface area contributed by atoms with Gasteiger partial charge in [-0.25, -0.2) is 0 Å². The minimum Gasteiger partial charge on any atom is -0.369 e. The normalized spacial score (nSPS) is 13.6. The van der Waals surface area contributed by atoms with Crippen LogP contribution in [0.3, 0.4) is 0 Å². The first-order valence-corrected chi connectivity index (χ1v) is 9.58. The maximum atomic E-state index is 12.8. The highest BCUT2D eigenvalue weighted by Gasteiger charge is 2.38. The Morgan fingerprint density at radius 2 is 1.73 bits per heavy atom. The average molecular weight is 353 g/mol. The molecule has 0 aliphatic rings. The van der Waals surface area contributed by atoms with Crippen LogP contribution in [-0.2, 0) is 10.2 Å². The van der Waals surface area contributed by atoms with Gasteiger partial charge in [0, 0.05) is 0 Å². The second kappa shape index (κ2) is 9.00. The summed E-state index contributed by atoms with van der Waals surface area (Å²) in [6.07, 6.45) is 3.51. The van der Waals surface area contributed by atoms with Crippen molar-refractivity contribution in [3.63, 3.8) is 0 Å². The smallest absolute Gasteiger partial charge is 0.228 e. The number of amides is 1. The van der Waals surface area contributed by atoms with Crippen LogP contribution in [0.15, 0.2) is 54.1 Å². The van der Waals surface area contributed by atoms with E-state index in [2.05, 4.69) is 62.9 Å². The van der Waals surface area contributed by atoms with E-state index in [0.717, 1.165) is 42.4 Å². The maximum Gasteiger partial charge on any atom is 0.228 e. The zero-order chi connectivity index (χ0) is 19.2. The molecule has 140 valence electrons. The molecule has 1 amide bonds. The Balaban J connectivity index is 2.60. The van der Waals surface area contributed by atoms with Gasteiger partial charge in [0.05, 0.1) is 5.41 Å². The van der Waals surface area contributed by atoms with Crippen molar-refractivity contribution >= 4 is 16.7 Å². The standard InChI is InChI=1S/C23H32N2O/c1-5-25(6-2)17-16-23(22(24)26,15-14-18(3)4)21-13-9-11-19-10-7-8-12-20(19)21/h7-14H,5-6,15-17H2,1-4H3,(H2,24,26). The first kappa shape index (κ1) is 20.2. The number of rotatable bonds is 9. The average Bonchev–Trinajstić information content (AvgIpc) is 2.64. The lowest BCUT2D eigenvalue weighted by Gasteiger charge is -2.34. The van der Waals surface area contributed by atoms with Crippen molar-refractivity contribution in [2.75, 3.05) is 19.6 Å². The highest BCUT2D eigenvalue weighted by atomic mass is 16.1. The molecule has 3 nitrogen and oxygen atoms in total. The van der Waals surface area contributed by atoms with Crippen molar-refractivity contribution in [3.05, 3.63) is 59.7 Å². The van der Waals surface area contributed by atoms with Crippen molar-refractivity contribution in [1.29, 1.82) is 0 Å². The number of allylic oxidation sites excluding steroid dienone is 2. The minimum atomic E-state index is -0.694. The van der Waals surface area contributed by atoms with Crippen molar-refractivity contribution in [1.82, 2.24) is 4.90 Å². The van der Waals surface area contributed by atoms with Crippen LogP contribution in [0.4, 0.5) is 0 Å². The Hall–Kier alpha value is -2.13. The van der Waals surface area contributed by atoms with E-state index in [1.165, 1.54) is 5.57 Å². The summed E-state index contributed by atoms with van der Waals surface area (Å²) in [4.78, 5) is 15.2. The molecule has 0 aliphatic heterocycles. The molecule has 1 unspecified atom stereocenters. The Labute approximate surface area is 157 Å². The number of fused-ring (bicyclic) bond motifs is 1. The number of primary amides is 1. The first-order chi connectivity index (χ1) is 12.4. The highest BCUT2D eigenvalue weighted by Crippen LogP contribution is 2.37. The maximum absolute atomic E-state index is 12.8. The van der Waals surface area contributed by atoms with E-state index in [1.807, 2.05) is 18.2 Å². The van der Waals surface area contributed by atoms with E-state index >= 15 is 0 Å². The van der Waals surface area contributed by atoms with Crippen LogP contribution >= 0.6 is 0 Å². The lowest BCUT2D eigenvalue weighted by Crippen LogP contribution is -2.44. The van der Waals surface area contributed by atoms with E-state index < -0.39 is 5.41 Å². The molecule has 0 aliphatic carbocycles. The van der Waals surface area contributed by atoms with Crippen LogP contribution < -0.4 is 5.73 Å². The van der Waals surface area contributed by atoms with Gasteiger partial charge < -0.3 is 10.6 Å². The lowest BCUT2D eigenvalue weighted by molar-refractivity contribution is -0.123. The molecule has 2 aromatic carbocycles. The molecule has 3 heteroatoms. The molecule has 2 N–H and O–H groups in total. The van der Waals surface area contributed by atoms with Crippen LogP contribution in [-0.4, -0.2) is 30.4 Å². The van der Waals surface area contributed by atoms with Crippen LogP contribution in [0.25, 0.3) is 10.8 Å². The van der Waals surface area contributed by atoms with Crippen molar-refractivity contribution in [3.8, 4) is 0 Å². The van der Waals surface area contributed by atoms with Crippen molar-refractivity contribution in [2.24, 2.45) is 5.73 Å². The van der Waals surface area contributed by atoms with E-state index in [9.17, 15) is 4.79 Å². The number of hydrogen-bond donors (Lipinski definition) is 1. The van der Waals surface area contributed by atoms with Crippen LogP contribution in [0.5, 0.6) is 0 Å². The summed E-state index contributed by atoms with van der Waals surface area (Å²) in [7, 11) is 0. The third-order valence-electron chi connectivity index (χ3n) is 5.38. The molecule has 0 heterocycles. The molecule has 2 aromatic rings. The fourth-order valence-corrected chi connectivity index (χ4v) is 3.61. The number of carbonyl (C=O) groups excluding carboxylic acids is 1. The van der Waals surface area contributed by atoms with Crippen LogP contribution in [0.1, 0.15) is 46.1 Å². The van der Waals surface area contributed by atoms with Gasteiger partial charge in [-0.3, -0.25) is 4.79 Å². The second-order valence-corrected chi connectivity index (χ2v) is 7.24. The van der Waals surface area contributed by atoms with Crippen LogP contribution in [0.2, 0.25) is 0 Å². The third-order valence-corrected chi connectivity index (χ3v) is 5.38. The van der Waals surface area contributed by atoms with Gasteiger partial charge in [-0.05, 0) is 62.7 Å². The first-order valence-electron chi connectivity index (χ1n) is 9.58. The Morgan fingerprint density at radius 1 is 1.08 bits per heavy atom. The lowest BCUT2D eigenvalue weighted by atomic mass is 9.72. The SMILES string of the molecule is CCN(CC)CCC(CC=C(C)C)(C(N)=O)c1cccc2ccccc12. The van der Waals surface area contributed by atoms with Crippen molar-refractivity contribution in [2.45, 2.75) is 46.0 Å². The third kappa shape index (κ3) is 4.34. The largest absolute Gasteiger partial charge is 0.369 e. The van der Waals surface area contributed by atoms with Crippen molar-refractivity contribution < 1.29 is 4.79 Å². The summed E-state index contributed by atoms with van der Waals surface area (Å²) >= 11 is 0. The fourth-order valence-electron chi connectivity index (χ4n) is 3.61. The van der Waals surface area contributed by atoms with Gasteiger partial charge in [0.1, 0.15) is 0 Å². The summed E-state index contributed by atoms with van der Waals surface area (Å²) in [6.45, 7) is 11.3. The predicted molar refractivity (Wildman–Crippen MR) is 111 cm³/mol. The summed E-state index contributed by atoms with van der Waals surface area (Å²) in [5.74, 6) is -0.237. The molecule has 0 spiro atoms. The molecular formula is C23H32N2O. The van der Waals surface area contributed by atoms with E-state index in [-0.39, 0.29) is 5.91 Å². The Kier molecular flexibility index (Phi) is 6.98. The second-order valence-electron chi connectivity index (χ2n) is 7.24. The molecule has 1 atom stereocenters. The zero-order valence-electron chi connectivity index (χ0n) is 16.6.